The van der Waals surface area contributed by atoms with Gasteiger partial charge in [0.05, 0.1) is 15.6 Å². The largest absolute Gasteiger partial charge is 0.377 e. The molecular weight excluding hydrogens is 295 g/mol. The smallest absolute Gasteiger partial charge is 0.271 e. The predicted molar refractivity (Wildman–Crippen MR) is 81.3 cm³/mol. The molecule has 2 aromatic rings. The topological polar surface area (TPSA) is 55.2 Å². The second kappa shape index (κ2) is 6.10. The van der Waals surface area contributed by atoms with Crippen LogP contribution in [0.25, 0.3) is 0 Å². The Kier molecular flexibility index (Phi) is 4.43. The van der Waals surface area contributed by atoms with Crippen molar-refractivity contribution in [1.29, 1.82) is 0 Å². The van der Waals surface area contributed by atoms with E-state index in [2.05, 4.69) is 5.32 Å². The molecule has 0 spiro atoms. The Morgan fingerprint density at radius 2 is 2.00 bits per heavy atom. The van der Waals surface area contributed by atoms with E-state index < -0.39 is 4.92 Å². The van der Waals surface area contributed by atoms with Crippen LogP contribution in [0, 0.1) is 22.9 Å². The van der Waals surface area contributed by atoms with Gasteiger partial charge in [-0.1, -0.05) is 23.7 Å². The van der Waals surface area contributed by atoms with E-state index in [1.165, 1.54) is 24.3 Å². The number of halogens is 2. The molecule has 0 aliphatic carbocycles. The average molecular weight is 309 g/mol. The molecule has 0 aromatic heterocycles. The van der Waals surface area contributed by atoms with Crippen molar-refractivity contribution in [2.75, 3.05) is 5.32 Å². The summed E-state index contributed by atoms with van der Waals surface area (Å²) in [7, 11) is 0. The molecule has 0 saturated heterocycles. The fourth-order valence-corrected chi connectivity index (χ4v) is 2.10. The van der Waals surface area contributed by atoms with Gasteiger partial charge in [-0.25, -0.2) is 4.39 Å². The summed E-state index contributed by atoms with van der Waals surface area (Å²) in [6, 6.07) is 8.87. The predicted octanol–water partition coefficient (Wildman–Crippen LogP) is 4.87. The number of hydrogen-bond acceptors (Lipinski definition) is 3. The van der Waals surface area contributed by atoms with E-state index in [4.69, 9.17) is 11.6 Å². The Morgan fingerprint density at radius 3 is 2.62 bits per heavy atom. The Morgan fingerprint density at radius 1 is 1.29 bits per heavy atom. The molecule has 0 heterocycles. The molecule has 0 radical (unpaired) electrons. The van der Waals surface area contributed by atoms with Crippen molar-refractivity contribution in [3.63, 3.8) is 0 Å². The first-order valence-corrected chi connectivity index (χ1v) is 6.73. The number of rotatable bonds is 4. The zero-order valence-corrected chi connectivity index (χ0v) is 12.3. The highest BCUT2D eigenvalue weighted by molar-refractivity contribution is 6.33. The maximum absolute atomic E-state index is 13.6. The molecule has 0 bridgehead atoms. The van der Waals surface area contributed by atoms with Gasteiger partial charge >= 0.3 is 0 Å². The fourth-order valence-electron chi connectivity index (χ4n) is 1.93. The molecular formula is C15H14ClFN2O2. The number of nitrogens with one attached hydrogen (secondary N) is 1. The van der Waals surface area contributed by atoms with Gasteiger partial charge in [0.15, 0.2) is 0 Å². The van der Waals surface area contributed by atoms with Crippen LogP contribution in [-0.4, -0.2) is 4.92 Å². The quantitative estimate of drug-likeness (QED) is 0.647. The Balaban J connectivity index is 2.26. The number of nitrogens with zero attached hydrogens (tertiary/aromatic N) is 1. The molecule has 21 heavy (non-hydrogen) atoms. The normalized spacial score (nSPS) is 12.0. The third-order valence-corrected chi connectivity index (χ3v) is 3.56. The first-order valence-electron chi connectivity index (χ1n) is 6.35. The molecule has 110 valence electrons. The minimum absolute atomic E-state index is 0.0517. The molecule has 0 saturated carbocycles. The number of non-ortho nitro benzene ring substituents is 1. The van der Waals surface area contributed by atoms with Crippen molar-refractivity contribution in [3.8, 4) is 0 Å². The molecule has 0 fully saturated rings. The van der Waals surface area contributed by atoms with E-state index in [1.807, 2.05) is 6.92 Å². The molecule has 0 amide bonds. The zero-order valence-electron chi connectivity index (χ0n) is 11.6. The lowest BCUT2D eigenvalue weighted by Crippen LogP contribution is -2.08. The lowest BCUT2D eigenvalue weighted by Gasteiger charge is -2.17. The average Bonchev–Trinajstić information content (AvgIpc) is 2.43. The second-order valence-corrected chi connectivity index (χ2v) is 5.20. The van der Waals surface area contributed by atoms with Crippen molar-refractivity contribution in [2.45, 2.75) is 19.9 Å². The van der Waals surface area contributed by atoms with E-state index in [1.54, 1.807) is 19.1 Å². The summed E-state index contributed by atoms with van der Waals surface area (Å²) in [5.74, 6) is -0.286. The third-order valence-electron chi connectivity index (χ3n) is 3.23. The minimum atomic E-state index is -0.488. The first kappa shape index (κ1) is 15.3. The van der Waals surface area contributed by atoms with Crippen molar-refractivity contribution in [3.05, 3.63) is 68.5 Å². The fraction of sp³-hybridized carbons (Fsp3) is 0.200. The van der Waals surface area contributed by atoms with Gasteiger partial charge in [-0.3, -0.25) is 10.1 Å². The van der Waals surface area contributed by atoms with Crippen LogP contribution in [0.5, 0.6) is 0 Å². The Bertz CT molecular complexity index is 691. The monoisotopic (exact) mass is 308 g/mol. The highest BCUT2D eigenvalue weighted by Gasteiger charge is 2.13. The van der Waals surface area contributed by atoms with Gasteiger partial charge < -0.3 is 5.32 Å². The molecule has 4 nitrogen and oxygen atoms in total. The van der Waals surface area contributed by atoms with E-state index in [0.717, 1.165) is 5.56 Å². The van der Waals surface area contributed by atoms with Gasteiger partial charge in [-0.15, -0.1) is 0 Å². The molecule has 6 heteroatoms. The molecule has 0 aliphatic rings. The van der Waals surface area contributed by atoms with Crippen LogP contribution in [0.15, 0.2) is 36.4 Å². The number of anilines is 1. The zero-order chi connectivity index (χ0) is 15.6. The molecule has 0 aliphatic heterocycles. The molecule has 2 aromatic carbocycles. The SMILES string of the molecule is Cc1ccc(C(C)Nc2cc([N+](=O)[O-])ccc2Cl)cc1F. The molecule has 1 unspecified atom stereocenters. The van der Waals surface area contributed by atoms with Crippen molar-refractivity contribution in [1.82, 2.24) is 0 Å². The summed E-state index contributed by atoms with van der Waals surface area (Å²) in [5, 5.41) is 14.2. The number of nitro benzene ring substituents is 1. The van der Waals surface area contributed by atoms with Gasteiger partial charge in [0.25, 0.3) is 5.69 Å². The molecule has 2 rings (SSSR count). The van der Waals surface area contributed by atoms with Crippen LogP contribution in [-0.2, 0) is 0 Å². The van der Waals surface area contributed by atoms with Gasteiger partial charge in [-0.05, 0) is 37.1 Å². The number of aryl methyl sites for hydroxylation is 1. The van der Waals surface area contributed by atoms with Crippen molar-refractivity contribution < 1.29 is 9.31 Å². The maximum Gasteiger partial charge on any atom is 0.271 e. The summed E-state index contributed by atoms with van der Waals surface area (Å²) in [6.45, 7) is 3.52. The summed E-state index contributed by atoms with van der Waals surface area (Å²) in [4.78, 5) is 10.3. The molecule has 1 atom stereocenters. The Hall–Kier alpha value is -2.14. The van der Waals surface area contributed by atoms with Crippen molar-refractivity contribution in [2.24, 2.45) is 0 Å². The Labute approximate surface area is 126 Å². The van der Waals surface area contributed by atoms with E-state index in [9.17, 15) is 14.5 Å². The van der Waals surface area contributed by atoms with Crippen LogP contribution >= 0.6 is 11.6 Å². The van der Waals surface area contributed by atoms with Crippen LogP contribution in [0.4, 0.5) is 15.8 Å². The highest BCUT2D eigenvalue weighted by Crippen LogP contribution is 2.30. The van der Waals surface area contributed by atoms with Gasteiger partial charge in [0, 0.05) is 18.2 Å². The van der Waals surface area contributed by atoms with E-state index >= 15 is 0 Å². The second-order valence-electron chi connectivity index (χ2n) is 4.80. The summed E-state index contributed by atoms with van der Waals surface area (Å²) in [6.07, 6.45) is 0. The van der Waals surface area contributed by atoms with Crippen LogP contribution in [0.1, 0.15) is 24.1 Å². The van der Waals surface area contributed by atoms with Crippen LogP contribution in [0.3, 0.4) is 0 Å². The summed E-state index contributed by atoms with van der Waals surface area (Å²) in [5.41, 5.74) is 1.70. The third kappa shape index (κ3) is 3.49. The number of hydrogen-bond donors (Lipinski definition) is 1. The van der Waals surface area contributed by atoms with Gasteiger partial charge in [0.2, 0.25) is 0 Å². The lowest BCUT2D eigenvalue weighted by molar-refractivity contribution is -0.384. The van der Waals surface area contributed by atoms with Crippen LogP contribution < -0.4 is 5.32 Å². The minimum Gasteiger partial charge on any atom is -0.377 e. The van der Waals surface area contributed by atoms with E-state index in [0.29, 0.717) is 16.3 Å². The summed E-state index contributed by atoms with van der Waals surface area (Å²) < 4.78 is 13.6. The molecule has 1 N–H and O–H groups in total. The van der Waals surface area contributed by atoms with Gasteiger partial charge in [0.1, 0.15) is 5.82 Å². The van der Waals surface area contributed by atoms with Gasteiger partial charge in [-0.2, -0.15) is 0 Å². The van der Waals surface area contributed by atoms with Crippen molar-refractivity contribution >= 4 is 23.0 Å². The maximum atomic E-state index is 13.6. The van der Waals surface area contributed by atoms with E-state index in [-0.39, 0.29) is 17.5 Å². The summed E-state index contributed by atoms with van der Waals surface area (Å²) >= 11 is 6.03. The number of nitro groups is 1. The highest BCUT2D eigenvalue weighted by atomic mass is 35.5. The number of benzene rings is 2. The first-order chi connectivity index (χ1) is 9.88. The van der Waals surface area contributed by atoms with Crippen LogP contribution in [0.2, 0.25) is 5.02 Å². The standard InChI is InChI=1S/C15H14ClFN2O2/c1-9-3-4-11(7-14(9)17)10(2)18-15-8-12(19(20)21)5-6-13(15)16/h3-8,10,18H,1-2H3. The lowest BCUT2D eigenvalue weighted by atomic mass is 10.1.